The van der Waals surface area contributed by atoms with E-state index in [-0.39, 0.29) is 17.9 Å². The third-order valence-electron chi connectivity index (χ3n) is 2.13. The maximum Gasteiger partial charge on any atom is 0.0533 e. The Morgan fingerprint density at radius 2 is 2.40 bits per heavy atom. The number of aromatic nitrogens is 2. The van der Waals surface area contributed by atoms with Crippen LogP contribution in [-0.2, 0) is 7.05 Å². The minimum Gasteiger partial charge on any atom is -0.396 e. The van der Waals surface area contributed by atoms with Gasteiger partial charge in [-0.3, -0.25) is 4.68 Å². The number of nitrogens with zero attached hydrogens (tertiary/aromatic N) is 2. The van der Waals surface area contributed by atoms with Gasteiger partial charge in [0, 0.05) is 36.7 Å². The van der Waals surface area contributed by atoms with Crippen molar-refractivity contribution >= 4 is 11.8 Å². The summed E-state index contributed by atoms with van der Waals surface area (Å²) in [7, 11) is 1.90. The van der Waals surface area contributed by atoms with E-state index in [1.54, 1.807) is 16.4 Å². The quantitative estimate of drug-likeness (QED) is 0.712. The highest BCUT2D eigenvalue weighted by molar-refractivity contribution is 7.99. The second-order valence-electron chi connectivity index (χ2n) is 3.68. The Kier molecular flexibility index (Phi) is 5.14. The van der Waals surface area contributed by atoms with Gasteiger partial charge in [0.25, 0.3) is 0 Å². The first kappa shape index (κ1) is 12.5. The molecule has 0 aliphatic heterocycles. The zero-order chi connectivity index (χ0) is 11.3. The van der Waals surface area contributed by atoms with Crippen LogP contribution in [0.4, 0.5) is 0 Å². The molecule has 5 heteroatoms. The standard InChI is InChI=1S/C10H19N3OS/c1-8(11)10(15-5-3-4-14)9-6-12-13(2)7-9/h6-8,10,14H,3-5,11H2,1-2H3. The normalized spacial score (nSPS) is 15.2. The molecule has 0 bridgehead atoms. The van der Waals surface area contributed by atoms with Crippen LogP contribution in [0.3, 0.4) is 0 Å². The average Bonchev–Trinajstić information content (AvgIpc) is 2.59. The highest BCUT2D eigenvalue weighted by Gasteiger charge is 2.17. The van der Waals surface area contributed by atoms with Crippen LogP contribution in [0, 0.1) is 0 Å². The second kappa shape index (κ2) is 6.15. The van der Waals surface area contributed by atoms with E-state index in [4.69, 9.17) is 10.8 Å². The smallest absolute Gasteiger partial charge is 0.0533 e. The first-order valence-corrected chi connectivity index (χ1v) is 6.16. The van der Waals surface area contributed by atoms with Crippen molar-refractivity contribution in [3.05, 3.63) is 18.0 Å². The Bertz CT molecular complexity index is 288. The molecule has 0 aliphatic carbocycles. The molecule has 1 aromatic heterocycles. The van der Waals surface area contributed by atoms with Crippen molar-refractivity contribution < 1.29 is 5.11 Å². The monoisotopic (exact) mass is 229 g/mol. The van der Waals surface area contributed by atoms with E-state index in [9.17, 15) is 0 Å². The lowest BCUT2D eigenvalue weighted by Crippen LogP contribution is -2.22. The Morgan fingerprint density at radius 3 is 2.87 bits per heavy atom. The molecule has 4 nitrogen and oxygen atoms in total. The summed E-state index contributed by atoms with van der Waals surface area (Å²) in [5.74, 6) is 0.928. The average molecular weight is 229 g/mol. The Morgan fingerprint density at radius 1 is 1.67 bits per heavy atom. The van der Waals surface area contributed by atoms with Gasteiger partial charge in [0.05, 0.1) is 6.20 Å². The Balaban J connectivity index is 2.58. The van der Waals surface area contributed by atoms with Crippen molar-refractivity contribution in [3.8, 4) is 0 Å². The molecule has 0 aliphatic rings. The van der Waals surface area contributed by atoms with Gasteiger partial charge in [-0.25, -0.2) is 0 Å². The van der Waals surface area contributed by atoms with Crippen LogP contribution < -0.4 is 5.73 Å². The van der Waals surface area contributed by atoms with Gasteiger partial charge < -0.3 is 10.8 Å². The topological polar surface area (TPSA) is 64.1 Å². The molecule has 0 amide bonds. The number of nitrogens with two attached hydrogens (primary N) is 1. The van der Waals surface area contributed by atoms with Gasteiger partial charge >= 0.3 is 0 Å². The van der Waals surface area contributed by atoms with Crippen molar-refractivity contribution in [2.45, 2.75) is 24.6 Å². The fraction of sp³-hybridized carbons (Fsp3) is 0.700. The number of rotatable bonds is 6. The van der Waals surface area contributed by atoms with Crippen LogP contribution in [0.1, 0.15) is 24.2 Å². The van der Waals surface area contributed by atoms with Gasteiger partial charge in [-0.05, 0) is 19.1 Å². The molecule has 0 spiro atoms. The van der Waals surface area contributed by atoms with E-state index in [1.807, 2.05) is 26.4 Å². The van der Waals surface area contributed by atoms with Gasteiger partial charge in [-0.2, -0.15) is 16.9 Å². The molecule has 3 N–H and O–H groups in total. The highest BCUT2D eigenvalue weighted by atomic mass is 32.2. The number of aliphatic hydroxyl groups excluding tert-OH is 1. The second-order valence-corrected chi connectivity index (χ2v) is 4.92. The summed E-state index contributed by atoms with van der Waals surface area (Å²) < 4.78 is 1.79. The first-order chi connectivity index (χ1) is 7.15. The molecule has 0 saturated heterocycles. The van der Waals surface area contributed by atoms with E-state index in [0.717, 1.165) is 17.7 Å². The van der Waals surface area contributed by atoms with Crippen molar-refractivity contribution in [2.75, 3.05) is 12.4 Å². The third-order valence-corrected chi connectivity index (χ3v) is 3.72. The maximum absolute atomic E-state index is 8.73. The molecule has 2 unspecified atom stereocenters. The van der Waals surface area contributed by atoms with E-state index >= 15 is 0 Å². The summed E-state index contributed by atoms with van der Waals surface area (Å²) in [6.07, 6.45) is 4.67. The molecule has 1 heterocycles. The van der Waals surface area contributed by atoms with Gasteiger partial charge in [0.15, 0.2) is 0 Å². The number of hydrogen-bond donors (Lipinski definition) is 2. The van der Waals surface area contributed by atoms with E-state index in [2.05, 4.69) is 5.10 Å². The summed E-state index contributed by atoms with van der Waals surface area (Å²) in [5.41, 5.74) is 7.10. The van der Waals surface area contributed by atoms with Crippen LogP contribution >= 0.6 is 11.8 Å². The van der Waals surface area contributed by atoms with Crippen LogP contribution in [0.5, 0.6) is 0 Å². The van der Waals surface area contributed by atoms with E-state index in [0.29, 0.717) is 0 Å². The zero-order valence-corrected chi connectivity index (χ0v) is 10.1. The van der Waals surface area contributed by atoms with E-state index in [1.165, 1.54) is 0 Å². The van der Waals surface area contributed by atoms with Gasteiger partial charge in [-0.15, -0.1) is 0 Å². The van der Waals surface area contributed by atoms with Gasteiger partial charge in [-0.1, -0.05) is 0 Å². The third kappa shape index (κ3) is 3.85. The summed E-state index contributed by atoms with van der Waals surface area (Å²) in [6.45, 7) is 2.25. The Labute approximate surface area is 94.9 Å². The summed E-state index contributed by atoms with van der Waals surface area (Å²) in [6, 6.07) is 0.0953. The molecule has 15 heavy (non-hydrogen) atoms. The molecule has 0 saturated carbocycles. The molecule has 1 rings (SSSR count). The molecular formula is C10H19N3OS. The van der Waals surface area contributed by atoms with Crippen LogP contribution in [0.2, 0.25) is 0 Å². The van der Waals surface area contributed by atoms with E-state index < -0.39 is 0 Å². The van der Waals surface area contributed by atoms with Crippen LogP contribution in [0.25, 0.3) is 0 Å². The summed E-state index contributed by atoms with van der Waals surface area (Å²) in [4.78, 5) is 0. The fourth-order valence-corrected chi connectivity index (χ4v) is 2.58. The van der Waals surface area contributed by atoms with Crippen molar-refractivity contribution in [1.29, 1.82) is 0 Å². The molecule has 2 atom stereocenters. The molecule has 0 aromatic carbocycles. The molecule has 1 aromatic rings. The number of thioether (sulfide) groups is 1. The molecule has 0 fully saturated rings. The fourth-order valence-electron chi connectivity index (χ4n) is 1.41. The van der Waals surface area contributed by atoms with Crippen molar-refractivity contribution in [3.63, 3.8) is 0 Å². The minimum atomic E-state index is 0.0953. The highest BCUT2D eigenvalue weighted by Crippen LogP contribution is 2.31. The van der Waals surface area contributed by atoms with Gasteiger partial charge in [0.1, 0.15) is 0 Å². The van der Waals surface area contributed by atoms with Crippen molar-refractivity contribution in [1.82, 2.24) is 9.78 Å². The predicted molar refractivity (Wildman–Crippen MR) is 63.8 cm³/mol. The lowest BCUT2D eigenvalue weighted by molar-refractivity contribution is 0.296. The molecule has 86 valence electrons. The van der Waals surface area contributed by atoms with Crippen LogP contribution in [-0.4, -0.2) is 33.3 Å². The molecule has 0 radical (unpaired) electrons. The lowest BCUT2D eigenvalue weighted by Gasteiger charge is -2.18. The SMILES string of the molecule is CC(N)C(SCCCO)c1cnn(C)c1. The number of aliphatic hydroxyl groups is 1. The number of hydrogen-bond acceptors (Lipinski definition) is 4. The van der Waals surface area contributed by atoms with Crippen LogP contribution in [0.15, 0.2) is 12.4 Å². The zero-order valence-electron chi connectivity index (χ0n) is 9.26. The number of aryl methyl sites for hydroxylation is 1. The lowest BCUT2D eigenvalue weighted by atomic mass is 10.1. The maximum atomic E-state index is 8.73. The molecular weight excluding hydrogens is 210 g/mol. The van der Waals surface area contributed by atoms with Gasteiger partial charge in [0.2, 0.25) is 0 Å². The predicted octanol–water partition coefficient (Wildman–Crippen LogP) is 0.924. The largest absolute Gasteiger partial charge is 0.396 e. The Hall–Kier alpha value is -0.520. The first-order valence-electron chi connectivity index (χ1n) is 5.11. The van der Waals surface area contributed by atoms with Crippen molar-refractivity contribution in [2.24, 2.45) is 12.8 Å². The summed E-state index contributed by atoms with van der Waals surface area (Å²) in [5, 5.41) is 13.1. The summed E-state index contributed by atoms with van der Waals surface area (Å²) >= 11 is 1.78. The minimum absolute atomic E-state index is 0.0953.